The molecule has 3 aromatic carbocycles. The van der Waals surface area contributed by atoms with Crippen LogP contribution < -0.4 is 25.2 Å². The first-order valence-electron chi connectivity index (χ1n) is 23.8. The molecule has 17 heteroatoms. The number of rotatable bonds is 12. The van der Waals surface area contributed by atoms with Gasteiger partial charge in [-0.1, -0.05) is 13.0 Å². The number of fused-ring (bicyclic) bond motifs is 2. The van der Waals surface area contributed by atoms with E-state index in [2.05, 4.69) is 35.3 Å². The van der Waals surface area contributed by atoms with E-state index in [1.807, 2.05) is 11.8 Å². The van der Waals surface area contributed by atoms with Gasteiger partial charge in [0.25, 0.3) is 0 Å². The van der Waals surface area contributed by atoms with E-state index < -0.39 is 29.2 Å². The van der Waals surface area contributed by atoms with Crippen molar-refractivity contribution in [2.75, 3.05) is 80.6 Å². The van der Waals surface area contributed by atoms with E-state index in [4.69, 9.17) is 9.72 Å². The van der Waals surface area contributed by atoms with E-state index in [1.54, 1.807) is 25.1 Å². The van der Waals surface area contributed by atoms with Crippen molar-refractivity contribution in [3.8, 4) is 23.0 Å². The van der Waals surface area contributed by atoms with Gasteiger partial charge in [0.1, 0.15) is 40.5 Å². The maximum Gasteiger partial charge on any atom is 0.319 e. The van der Waals surface area contributed by atoms with Crippen LogP contribution in [0.4, 0.5) is 30.4 Å². The van der Waals surface area contributed by atoms with Crippen LogP contribution in [0.25, 0.3) is 32.9 Å². The lowest BCUT2D eigenvalue weighted by molar-refractivity contribution is -0.133. The van der Waals surface area contributed by atoms with Gasteiger partial charge in [-0.2, -0.15) is 9.97 Å². The second kappa shape index (κ2) is 18.0. The highest BCUT2D eigenvalue weighted by Gasteiger charge is 2.46. The normalized spacial score (nSPS) is 22.9. The Morgan fingerprint density at radius 1 is 0.910 bits per heavy atom. The number of anilines is 3. The first-order valence-corrected chi connectivity index (χ1v) is 23.8. The summed E-state index contributed by atoms with van der Waals surface area (Å²) in [6.45, 7) is 10.7. The number of carbonyl (C=O) groups is 2. The van der Waals surface area contributed by atoms with E-state index in [0.29, 0.717) is 96.9 Å². The van der Waals surface area contributed by atoms with Crippen LogP contribution in [0.1, 0.15) is 70.8 Å². The summed E-state index contributed by atoms with van der Waals surface area (Å²) in [5.41, 5.74) is 0.575. The quantitative estimate of drug-likeness (QED) is 0.100. The fraction of sp³-hybridized carbons (Fsp3) is 0.500. The number of imide groups is 1. The number of halogens is 3. The number of hydrogen-bond donors (Lipinski definition) is 4. The summed E-state index contributed by atoms with van der Waals surface area (Å²) >= 11 is 0. The van der Waals surface area contributed by atoms with Crippen molar-refractivity contribution in [2.24, 2.45) is 5.41 Å². The number of benzene rings is 3. The van der Waals surface area contributed by atoms with Crippen molar-refractivity contribution in [3.05, 3.63) is 71.7 Å². The van der Waals surface area contributed by atoms with Gasteiger partial charge >= 0.3 is 6.01 Å². The number of nitrogens with one attached hydrogen (secondary N) is 2. The molecule has 0 radical (unpaired) electrons. The molecule has 67 heavy (non-hydrogen) atoms. The van der Waals surface area contributed by atoms with Gasteiger partial charge in [-0.3, -0.25) is 24.8 Å². The average Bonchev–Trinajstić information content (AvgIpc) is 4.08. The van der Waals surface area contributed by atoms with Crippen LogP contribution in [0.15, 0.2) is 48.7 Å². The highest BCUT2D eigenvalue weighted by Crippen LogP contribution is 2.47. The van der Waals surface area contributed by atoms with Gasteiger partial charge in [0, 0.05) is 81.1 Å². The minimum atomic E-state index is -0.975. The van der Waals surface area contributed by atoms with Crippen LogP contribution in [0, 0.1) is 22.9 Å². The Kier molecular flexibility index (Phi) is 12.1. The van der Waals surface area contributed by atoms with Crippen molar-refractivity contribution in [1.82, 2.24) is 30.1 Å². The Balaban J connectivity index is 0.795. The maximum atomic E-state index is 17.1. The standard InChI is InChI=1S/C50H58F3N9O5/c1-3-34-37(51)7-5-30-23-33(63)25-35(42(30)34)44-43(53)45-36(26-54-44)46(62-16-4-13-49(2,66)27-62)58-48(57-45)67-29-50(14-15-50)28-59-17-11-32(12-18-59)60-19-21-61(22-20-60)40-9-6-31(24-38(40)52)55-39-8-10-41(64)56-47(39)65/h5-7,9,23-26,32,39,55,63,66H,3-4,8,10-22,27-29H2,1-2H3,(H,56,64,65)/t39?,49-/m1/s1. The average molecular weight is 922 g/mol. The third-order valence-corrected chi connectivity index (χ3v) is 14.7. The Labute approximate surface area is 387 Å². The zero-order valence-electron chi connectivity index (χ0n) is 38.1. The van der Waals surface area contributed by atoms with Crippen LogP contribution in [-0.4, -0.2) is 130 Å². The van der Waals surface area contributed by atoms with E-state index in [0.717, 1.165) is 58.4 Å². The number of aromatic nitrogens is 3. The highest BCUT2D eigenvalue weighted by atomic mass is 19.1. The third-order valence-electron chi connectivity index (χ3n) is 14.7. The molecule has 5 fully saturated rings. The van der Waals surface area contributed by atoms with E-state index in [9.17, 15) is 19.8 Å². The molecule has 0 spiro atoms. The molecular formula is C50H58F3N9O5. The summed E-state index contributed by atoms with van der Waals surface area (Å²) in [6, 6.07) is 10.7. The van der Waals surface area contributed by atoms with Crippen LogP contribution in [0.2, 0.25) is 0 Å². The molecule has 2 aromatic heterocycles. The van der Waals surface area contributed by atoms with Gasteiger partial charge in [-0.15, -0.1) is 0 Å². The number of phenolic OH excluding ortho intramolecular Hbond substituents is 1. The number of aliphatic hydroxyl groups is 1. The SMILES string of the molecule is CCc1c(F)ccc2cc(O)cc(-c3ncc4c(N5CCC[C@@](C)(O)C5)nc(OCC5(CN6CCC(N7CCN(c8ccc(NC9CCC(=O)NC9=O)cc8F)CC7)CC6)CC5)nc4c3F)c12. The number of phenols is 1. The molecule has 4 aliphatic heterocycles. The third kappa shape index (κ3) is 9.29. The minimum Gasteiger partial charge on any atom is -0.508 e. The number of likely N-dealkylation sites (tertiary alicyclic amines) is 1. The zero-order valence-corrected chi connectivity index (χ0v) is 38.1. The fourth-order valence-electron chi connectivity index (χ4n) is 10.8. The van der Waals surface area contributed by atoms with Gasteiger partial charge in [-0.25, -0.2) is 13.2 Å². The number of aryl methyl sites for hydroxylation is 1. The predicted octanol–water partition coefficient (Wildman–Crippen LogP) is 6.54. The first kappa shape index (κ1) is 45.0. The Morgan fingerprint density at radius 2 is 1.70 bits per heavy atom. The number of amides is 2. The largest absolute Gasteiger partial charge is 0.508 e. The summed E-state index contributed by atoms with van der Waals surface area (Å²) in [5.74, 6) is -1.86. The van der Waals surface area contributed by atoms with Crippen molar-refractivity contribution < 1.29 is 37.7 Å². The molecule has 14 nitrogen and oxygen atoms in total. The molecule has 1 saturated carbocycles. The van der Waals surface area contributed by atoms with Crippen LogP contribution in [-0.2, 0) is 16.0 Å². The van der Waals surface area contributed by atoms with Gasteiger partial charge in [0.05, 0.1) is 23.3 Å². The number of piperidine rings is 3. The number of aromatic hydroxyl groups is 1. The maximum absolute atomic E-state index is 17.1. The molecule has 10 rings (SSSR count). The molecule has 354 valence electrons. The van der Waals surface area contributed by atoms with Crippen LogP contribution in [0.5, 0.6) is 11.8 Å². The minimum absolute atomic E-state index is 0.00344. The first-order chi connectivity index (χ1) is 32.2. The van der Waals surface area contributed by atoms with Crippen molar-refractivity contribution in [2.45, 2.75) is 89.3 Å². The molecule has 2 amide bonds. The number of pyridine rings is 1. The number of β-amino-alcohol motifs (C(OH)–C–C–N with tert-alkyl or cyclic N) is 1. The number of carbonyl (C=O) groups excluding carboxylic acids is 2. The summed E-state index contributed by atoms with van der Waals surface area (Å²) in [7, 11) is 0. The monoisotopic (exact) mass is 921 g/mol. The zero-order chi connectivity index (χ0) is 46.6. The Morgan fingerprint density at radius 3 is 2.42 bits per heavy atom. The number of hydrogen-bond acceptors (Lipinski definition) is 13. The molecular weight excluding hydrogens is 864 g/mol. The summed E-state index contributed by atoms with van der Waals surface area (Å²) in [5, 5.41) is 28.6. The molecule has 6 heterocycles. The lowest BCUT2D eigenvalue weighted by atomic mass is 9.94. The molecule has 4 saturated heterocycles. The summed E-state index contributed by atoms with van der Waals surface area (Å²) < 4.78 is 54.1. The molecule has 1 unspecified atom stereocenters. The molecule has 4 N–H and O–H groups in total. The number of ether oxygens (including phenoxy) is 1. The molecule has 2 atom stereocenters. The topological polar surface area (TPSA) is 160 Å². The molecule has 1 aliphatic carbocycles. The highest BCUT2D eigenvalue weighted by molar-refractivity contribution is 6.02. The molecule has 5 aromatic rings. The van der Waals surface area contributed by atoms with Crippen molar-refractivity contribution in [3.63, 3.8) is 0 Å². The summed E-state index contributed by atoms with van der Waals surface area (Å²) in [4.78, 5) is 46.8. The number of piperazine rings is 1. The Hall–Kier alpha value is -5.78. The van der Waals surface area contributed by atoms with E-state index in [-0.39, 0.29) is 58.6 Å². The van der Waals surface area contributed by atoms with E-state index >= 15 is 13.2 Å². The van der Waals surface area contributed by atoms with Gasteiger partial charge in [0.15, 0.2) is 5.82 Å². The molecule has 5 aliphatic rings. The van der Waals surface area contributed by atoms with Gasteiger partial charge in [0.2, 0.25) is 11.8 Å². The number of nitrogens with zero attached hydrogens (tertiary/aromatic N) is 7. The van der Waals surface area contributed by atoms with Crippen LogP contribution >= 0.6 is 0 Å². The summed E-state index contributed by atoms with van der Waals surface area (Å²) in [6.07, 6.45) is 7.85. The second-order valence-corrected chi connectivity index (χ2v) is 19.6. The van der Waals surface area contributed by atoms with Crippen molar-refractivity contribution >= 4 is 50.7 Å². The van der Waals surface area contributed by atoms with Crippen molar-refractivity contribution in [1.29, 1.82) is 0 Å². The Bertz CT molecular complexity index is 2720. The smallest absolute Gasteiger partial charge is 0.319 e. The predicted molar refractivity (Wildman–Crippen MR) is 250 cm³/mol. The van der Waals surface area contributed by atoms with Gasteiger partial charge in [-0.05, 0) is 124 Å². The van der Waals surface area contributed by atoms with Crippen LogP contribution in [0.3, 0.4) is 0 Å². The lowest BCUT2D eigenvalue weighted by Crippen LogP contribution is -2.53. The lowest BCUT2D eigenvalue weighted by Gasteiger charge is -2.44. The second-order valence-electron chi connectivity index (χ2n) is 19.6. The van der Waals surface area contributed by atoms with Gasteiger partial charge < -0.3 is 35.0 Å². The molecule has 0 bridgehead atoms. The fourth-order valence-corrected chi connectivity index (χ4v) is 10.8. The van der Waals surface area contributed by atoms with E-state index in [1.165, 1.54) is 30.5 Å².